The number of esters is 1. The Bertz CT molecular complexity index is 3070. The number of hydrogen-bond donors (Lipinski definition) is 1. The SMILES string of the molecule is C#Cc1cc(C)cc2cccc(-c3ncc4c(N5CC6CC7(C(=O)OC(C)(C)C)CC(C5)N67)nc(OCCN5CCN(Cc6ccc7c(c6)C(=O)N(C6CCC(=O)NC6=O)C7=O)CC5)nc4c3F)c12. The molecular weight excluding hydrogens is 882 g/mol. The van der Waals surface area contributed by atoms with E-state index in [0.717, 1.165) is 53.0 Å². The molecule has 3 atom stereocenters. The number of piperidine rings is 2. The number of anilines is 1. The Morgan fingerprint density at radius 3 is 2.41 bits per heavy atom. The van der Waals surface area contributed by atoms with Gasteiger partial charge in [0.2, 0.25) is 11.8 Å². The lowest BCUT2D eigenvalue weighted by Crippen LogP contribution is -2.87. The largest absolute Gasteiger partial charge is 0.462 e. The normalized spacial score (nSPS) is 23.9. The fraction of sp³-hybridized carbons (Fsp3) is 0.423. The van der Waals surface area contributed by atoms with Gasteiger partial charge in [-0.2, -0.15) is 9.97 Å². The zero-order valence-electron chi connectivity index (χ0n) is 39.0. The van der Waals surface area contributed by atoms with Crippen molar-refractivity contribution in [1.82, 2.24) is 39.9 Å². The molecule has 5 aromatic rings. The summed E-state index contributed by atoms with van der Waals surface area (Å²) in [5.41, 5.74) is 2.65. The first-order valence-electron chi connectivity index (χ1n) is 23.6. The standard InChI is InChI=1S/C52H52FN9O7/c1-6-31-20-29(2)21-32-8-7-9-36(41(31)32)43-42(53)44-38(25-54-43)45(60-27-33-23-52(24-34(28-60)62(33)52)49(67)69-51(3,4)5)57-50(56-44)68-19-18-58-14-16-59(17-15-58)26-30-10-11-35-37(22-30)48(66)61(47(35)65)39-12-13-40(63)55-46(39)64/h1,7-11,20-22,25,33-34,39H,12-19,23-24,26-28H2,2-5H3,(H,55,63,64). The maximum absolute atomic E-state index is 17.3. The molecule has 69 heavy (non-hydrogen) atoms. The third kappa shape index (κ3) is 7.65. The van der Waals surface area contributed by atoms with Crippen LogP contribution in [0.25, 0.3) is 32.9 Å². The number of carbonyl (C=O) groups excluding carboxylic acids is 5. The molecule has 17 heteroatoms. The van der Waals surface area contributed by atoms with Gasteiger partial charge in [0.15, 0.2) is 5.82 Å². The second kappa shape index (κ2) is 16.7. The van der Waals surface area contributed by atoms with Gasteiger partial charge in [0.1, 0.15) is 40.8 Å². The summed E-state index contributed by atoms with van der Waals surface area (Å²) >= 11 is 0. The minimum Gasteiger partial charge on any atom is -0.462 e. The van der Waals surface area contributed by atoms with Gasteiger partial charge in [-0.25, -0.2) is 4.39 Å². The number of halogens is 1. The van der Waals surface area contributed by atoms with E-state index in [2.05, 4.69) is 30.8 Å². The first kappa shape index (κ1) is 44.6. The summed E-state index contributed by atoms with van der Waals surface area (Å²) in [7, 11) is 0. The van der Waals surface area contributed by atoms with Gasteiger partial charge in [-0.1, -0.05) is 36.3 Å². The molecule has 1 N–H and O–H groups in total. The number of nitrogens with one attached hydrogen (secondary N) is 1. The fourth-order valence-electron chi connectivity index (χ4n) is 11.5. The number of carbonyl (C=O) groups is 5. The van der Waals surface area contributed by atoms with Gasteiger partial charge in [0, 0.05) is 93.6 Å². The van der Waals surface area contributed by atoms with Crippen LogP contribution in [0.15, 0.2) is 54.7 Å². The maximum atomic E-state index is 17.3. The summed E-state index contributed by atoms with van der Waals surface area (Å²) in [6, 6.07) is 14.0. The second-order valence-electron chi connectivity index (χ2n) is 20.2. The molecule has 4 amide bonds. The molecule has 6 aliphatic heterocycles. The summed E-state index contributed by atoms with van der Waals surface area (Å²) in [5, 5.41) is 4.32. The maximum Gasteiger partial charge on any atom is 0.327 e. The van der Waals surface area contributed by atoms with E-state index in [9.17, 15) is 24.0 Å². The Hall–Kier alpha value is -6.87. The Morgan fingerprint density at radius 1 is 0.942 bits per heavy atom. The Balaban J connectivity index is 0.795. The van der Waals surface area contributed by atoms with E-state index < -0.39 is 46.6 Å². The molecule has 3 unspecified atom stereocenters. The number of rotatable bonds is 10. The molecule has 0 aliphatic carbocycles. The number of aromatic nitrogens is 3. The quantitative estimate of drug-likeness (QED) is 0.117. The summed E-state index contributed by atoms with van der Waals surface area (Å²) in [4.78, 5) is 88.6. The van der Waals surface area contributed by atoms with Crippen LogP contribution in [0.5, 0.6) is 6.01 Å². The number of terminal acetylenes is 1. The lowest BCUT2D eigenvalue weighted by Gasteiger charge is -2.72. The second-order valence-corrected chi connectivity index (χ2v) is 20.2. The molecule has 16 nitrogen and oxygen atoms in total. The summed E-state index contributed by atoms with van der Waals surface area (Å²) in [6.07, 6.45) is 9.13. The fourth-order valence-corrected chi connectivity index (χ4v) is 11.5. The van der Waals surface area contributed by atoms with Crippen molar-refractivity contribution in [2.24, 2.45) is 0 Å². The molecule has 0 radical (unpaired) electrons. The first-order chi connectivity index (χ1) is 33.1. The number of piperazine rings is 2. The van der Waals surface area contributed by atoms with Crippen molar-refractivity contribution in [3.63, 3.8) is 0 Å². The lowest BCUT2D eigenvalue weighted by atomic mass is 9.62. The van der Waals surface area contributed by atoms with E-state index in [-0.39, 0.29) is 65.8 Å². The average Bonchev–Trinajstić information content (AvgIpc) is 3.53. The number of imide groups is 2. The molecule has 0 bridgehead atoms. The molecule has 2 aromatic heterocycles. The highest BCUT2D eigenvalue weighted by Gasteiger charge is 2.70. The van der Waals surface area contributed by atoms with Crippen LogP contribution in [0.4, 0.5) is 10.2 Å². The zero-order chi connectivity index (χ0) is 48.1. The smallest absolute Gasteiger partial charge is 0.327 e. The highest BCUT2D eigenvalue weighted by molar-refractivity contribution is 6.23. The van der Waals surface area contributed by atoms with E-state index in [1.54, 1.807) is 18.3 Å². The van der Waals surface area contributed by atoms with Gasteiger partial charge in [0.05, 0.1) is 16.5 Å². The Labute approximate surface area is 398 Å². The van der Waals surface area contributed by atoms with Gasteiger partial charge in [-0.05, 0) is 81.7 Å². The van der Waals surface area contributed by atoms with Gasteiger partial charge < -0.3 is 14.4 Å². The topological polar surface area (TPSA) is 171 Å². The highest BCUT2D eigenvalue weighted by atomic mass is 19.1. The van der Waals surface area contributed by atoms with Crippen LogP contribution in [-0.4, -0.2) is 146 Å². The molecule has 11 rings (SSSR count). The van der Waals surface area contributed by atoms with Crippen LogP contribution in [0.3, 0.4) is 0 Å². The number of ether oxygens (including phenoxy) is 2. The van der Waals surface area contributed by atoms with Crippen molar-refractivity contribution in [1.29, 1.82) is 0 Å². The van der Waals surface area contributed by atoms with Crippen molar-refractivity contribution in [2.75, 3.05) is 57.3 Å². The summed E-state index contributed by atoms with van der Waals surface area (Å²) in [5.74, 6) is 0.434. The lowest BCUT2D eigenvalue weighted by molar-refractivity contribution is -0.233. The monoisotopic (exact) mass is 933 g/mol. The van der Waals surface area contributed by atoms with Crippen LogP contribution in [0.1, 0.15) is 83.9 Å². The minimum absolute atomic E-state index is 0.0543. The van der Waals surface area contributed by atoms with Crippen molar-refractivity contribution < 1.29 is 37.8 Å². The first-order valence-corrected chi connectivity index (χ1v) is 23.6. The van der Waals surface area contributed by atoms with Crippen molar-refractivity contribution in [3.8, 4) is 29.6 Å². The number of benzene rings is 3. The molecule has 3 aromatic carbocycles. The molecule has 6 aliphatic rings. The van der Waals surface area contributed by atoms with Crippen LogP contribution < -0.4 is 15.0 Å². The third-order valence-electron chi connectivity index (χ3n) is 14.6. The molecular formula is C52H52FN9O7. The number of hydrogen-bond acceptors (Lipinski definition) is 14. The number of amides is 4. The van der Waals surface area contributed by atoms with Gasteiger partial charge in [-0.3, -0.25) is 53.9 Å². The molecule has 0 saturated carbocycles. The van der Waals surface area contributed by atoms with Crippen molar-refractivity contribution >= 4 is 57.1 Å². The van der Waals surface area contributed by atoms with Gasteiger partial charge in [0.25, 0.3) is 11.8 Å². The predicted molar refractivity (Wildman–Crippen MR) is 253 cm³/mol. The van der Waals surface area contributed by atoms with Crippen LogP contribution >= 0.6 is 0 Å². The highest BCUT2D eigenvalue weighted by Crippen LogP contribution is 2.55. The minimum atomic E-state index is -1.01. The predicted octanol–water partition coefficient (Wildman–Crippen LogP) is 4.62. The molecule has 0 spiro atoms. The van der Waals surface area contributed by atoms with Crippen LogP contribution in [0, 0.1) is 25.1 Å². The van der Waals surface area contributed by atoms with Crippen LogP contribution in [0.2, 0.25) is 0 Å². The molecule has 8 heterocycles. The third-order valence-corrected chi connectivity index (χ3v) is 14.6. The summed E-state index contributed by atoms with van der Waals surface area (Å²) < 4.78 is 29.4. The van der Waals surface area contributed by atoms with E-state index in [0.29, 0.717) is 61.4 Å². The number of nitrogens with zero attached hydrogens (tertiary/aromatic N) is 8. The zero-order valence-corrected chi connectivity index (χ0v) is 39.0. The van der Waals surface area contributed by atoms with E-state index in [4.69, 9.17) is 30.8 Å². The molecule has 5 saturated heterocycles. The Morgan fingerprint density at radius 2 is 1.68 bits per heavy atom. The van der Waals surface area contributed by atoms with Gasteiger partial charge >= 0.3 is 12.0 Å². The average molecular weight is 934 g/mol. The summed E-state index contributed by atoms with van der Waals surface area (Å²) in [6.45, 7) is 13.1. The van der Waals surface area contributed by atoms with E-state index in [1.807, 2.05) is 64.1 Å². The van der Waals surface area contributed by atoms with Crippen LogP contribution in [-0.2, 0) is 25.7 Å². The number of fused-ring (bicyclic) bond motifs is 3. The number of aryl methyl sites for hydroxylation is 1. The number of pyridine rings is 1. The molecule has 354 valence electrons. The van der Waals surface area contributed by atoms with E-state index in [1.165, 1.54) is 0 Å². The van der Waals surface area contributed by atoms with E-state index >= 15 is 4.39 Å². The van der Waals surface area contributed by atoms with Crippen molar-refractivity contribution in [3.05, 3.63) is 88.4 Å². The Kier molecular flexibility index (Phi) is 10.8. The van der Waals surface area contributed by atoms with Gasteiger partial charge in [-0.15, -0.1) is 6.42 Å². The molecule has 5 fully saturated rings. The van der Waals surface area contributed by atoms with Crippen molar-refractivity contribution in [2.45, 2.75) is 89.2 Å².